The molecule has 0 aromatic carbocycles. The summed E-state index contributed by atoms with van der Waals surface area (Å²) < 4.78 is 22.7. The average molecular weight is 244 g/mol. The Labute approximate surface area is 92.6 Å². The van der Waals surface area contributed by atoms with E-state index in [0.717, 1.165) is 0 Å². The molecule has 0 saturated carbocycles. The van der Waals surface area contributed by atoms with Gasteiger partial charge in [-0.15, -0.1) is 0 Å². The summed E-state index contributed by atoms with van der Waals surface area (Å²) in [6.45, 7) is 1.61. The molecule has 6 nitrogen and oxygen atoms in total. The first-order valence-corrected chi connectivity index (χ1v) is 6.53. The predicted molar refractivity (Wildman–Crippen MR) is 55.9 cm³/mol. The molecule has 0 radical (unpaired) electrons. The van der Waals surface area contributed by atoms with Gasteiger partial charge < -0.3 is 5.11 Å². The highest BCUT2D eigenvalue weighted by Gasteiger charge is 2.46. The predicted octanol–water partition coefficient (Wildman–Crippen LogP) is 0.532. The molecule has 0 aliphatic carbocycles. The summed E-state index contributed by atoms with van der Waals surface area (Å²) in [5, 5.41) is 14.8. The van der Waals surface area contributed by atoms with Gasteiger partial charge in [-0.05, 0) is 25.8 Å². The van der Waals surface area contributed by atoms with Crippen molar-refractivity contribution in [1.29, 1.82) is 0 Å². The van der Waals surface area contributed by atoms with Crippen molar-refractivity contribution < 1.29 is 18.3 Å². The quantitative estimate of drug-likeness (QED) is 0.790. The van der Waals surface area contributed by atoms with Crippen LogP contribution in [0.2, 0.25) is 0 Å². The lowest BCUT2D eigenvalue weighted by Gasteiger charge is -2.20. The van der Waals surface area contributed by atoms with Gasteiger partial charge in [0.25, 0.3) is 0 Å². The second kappa shape index (κ2) is 3.31. The molecule has 0 amide bonds. The van der Waals surface area contributed by atoms with Crippen molar-refractivity contribution in [1.82, 2.24) is 10.2 Å². The Morgan fingerprint density at radius 3 is 2.75 bits per heavy atom. The zero-order chi connectivity index (χ0) is 12.0. The molecule has 1 aliphatic rings. The number of carbonyl (C=O) groups is 1. The molecule has 1 saturated heterocycles. The Hall–Kier alpha value is -1.37. The number of hydrogen-bond donors (Lipinski definition) is 2. The van der Waals surface area contributed by atoms with Gasteiger partial charge in [-0.25, -0.2) is 13.2 Å². The SMILES string of the molecule is CC1(c2cc(C(=O)O)n[nH]2)CCCS1(=O)=O. The highest BCUT2D eigenvalue weighted by Crippen LogP contribution is 2.40. The van der Waals surface area contributed by atoms with E-state index in [1.807, 2.05) is 0 Å². The zero-order valence-electron chi connectivity index (χ0n) is 8.73. The molecule has 88 valence electrons. The van der Waals surface area contributed by atoms with Crippen LogP contribution in [-0.4, -0.2) is 35.4 Å². The summed E-state index contributed by atoms with van der Waals surface area (Å²) in [4.78, 5) is 10.7. The summed E-state index contributed by atoms with van der Waals surface area (Å²) >= 11 is 0. The van der Waals surface area contributed by atoms with Crippen molar-refractivity contribution in [2.45, 2.75) is 24.5 Å². The van der Waals surface area contributed by atoms with Crippen LogP contribution in [0.15, 0.2) is 6.07 Å². The van der Waals surface area contributed by atoms with Crippen LogP contribution >= 0.6 is 0 Å². The first-order valence-electron chi connectivity index (χ1n) is 4.88. The average Bonchev–Trinajstić information content (AvgIpc) is 2.73. The van der Waals surface area contributed by atoms with Gasteiger partial charge in [0.1, 0.15) is 4.75 Å². The number of H-pyrrole nitrogens is 1. The Kier molecular flexibility index (Phi) is 2.30. The van der Waals surface area contributed by atoms with E-state index in [1.165, 1.54) is 6.07 Å². The lowest BCUT2D eigenvalue weighted by atomic mass is 10.0. The van der Waals surface area contributed by atoms with E-state index in [9.17, 15) is 13.2 Å². The molecule has 16 heavy (non-hydrogen) atoms. The maximum absolute atomic E-state index is 11.9. The minimum atomic E-state index is -3.22. The van der Waals surface area contributed by atoms with Gasteiger partial charge in [0, 0.05) is 0 Å². The number of hydrogen-bond acceptors (Lipinski definition) is 4. The first-order chi connectivity index (χ1) is 7.37. The van der Waals surface area contributed by atoms with Gasteiger partial charge in [-0.1, -0.05) is 0 Å². The molecule has 0 spiro atoms. The molecule has 2 rings (SSSR count). The summed E-state index contributed by atoms with van der Waals surface area (Å²) in [5.41, 5.74) is 0.209. The molecule has 2 heterocycles. The van der Waals surface area contributed by atoms with Crippen LogP contribution in [0.3, 0.4) is 0 Å². The fraction of sp³-hybridized carbons (Fsp3) is 0.556. The number of carboxylic acids is 1. The zero-order valence-corrected chi connectivity index (χ0v) is 9.54. The number of carboxylic acid groups (broad SMARTS) is 1. The number of sulfone groups is 1. The lowest BCUT2D eigenvalue weighted by Crippen LogP contribution is -2.28. The van der Waals surface area contributed by atoms with Crippen LogP contribution in [0, 0.1) is 0 Å². The normalized spacial score (nSPS) is 28.1. The third-order valence-corrected chi connectivity index (χ3v) is 5.74. The summed E-state index contributed by atoms with van der Waals surface area (Å²) in [7, 11) is -3.22. The number of rotatable bonds is 2. The second-order valence-electron chi connectivity index (χ2n) is 4.13. The van der Waals surface area contributed by atoms with E-state index in [-0.39, 0.29) is 11.4 Å². The van der Waals surface area contributed by atoms with Crippen molar-refractivity contribution in [3.63, 3.8) is 0 Å². The highest BCUT2D eigenvalue weighted by atomic mass is 32.2. The fourth-order valence-electron chi connectivity index (χ4n) is 1.98. The van der Waals surface area contributed by atoms with Gasteiger partial charge in [0.05, 0.1) is 11.4 Å². The summed E-state index contributed by atoms with van der Waals surface area (Å²) in [6, 6.07) is 1.30. The molecule has 1 aromatic rings. The number of nitrogens with one attached hydrogen (secondary N) is 1. The molecule has 1 aliphatic heterocycles. The maximum atomic E-state index is 11.9. The summed E-state index contributed by atoms with van der Waals surface area (Å²) in [6.07, 6.45) is 1.09. The van der Waals surface area contributed by atoms with E-state index in [4.69, 9.17) is 5.11 Å². The highest BCUT2D eigenvalue weighted by molar-refractivity contribution is 7.92. The standard InChI is InChI=1S/C9H12N2O4S/c1-9(3-2-4-16(9,14)15)7-5-6(8(12)13)10-11-7/h5H,2-4H2,1H3,(H,10,11)(H,12,13). The molecule has 0 bridgehead atoms. The Morgan fingerprint density at radius 2 is 2.31 bits per heavy atom. The molecular weight excluding hydrogens is 232 g/mol. The number of aromatic nitrogens is 2. The van der Waals surface area contributed by atoms with Crippen LogP contribution in [0.4, 0.5) is 0 Å². The van der Waals surface area contributed by atoms with Gasteiger partial charge in [0.2, 0.25) is 0 Å². The molecular formula is C9H12N2O4S. The van der Waals surface area contributed by atoms with E-state index in [0.29, 0.717) is 18.5 Å². The van der Waals surface area contributed by atoms with E-state index in [2.05, 4.69) is 10.2 Å². The third kappa shape index (κ3) is 1.42. The largest absolute Gasteiger partial charge is 0.476 e. The van der Waals surface area contributed by atoms with Crippen LogP contribution in [0.1, 0.15) is 35.9 Å². The Morgan fingerprint density at radius 1 is 1.62 bits per heavy atom. The van der Waals surface area contributed by atoms with Crippen molar-refractivity contribution in [3.05, 3.63) is 17.5 Å². The second-order valence-corrected chi connectivity index (χ2v) is 6.66. The van der Waals surface area contributed by atoms with Crippen LogP contribution in [0.25, 0.3) is 0 Å². The summed E-state index contributed by atoms with van der Waals surface area (Å²) in [5.74, 6) is -1.02. The number of nitrogens with zero attached hydrogens (tertiary/aromatic N) is 1. The number of aromatic amines is 1. The van der Waals surface area contributed by atoms with Crippen molar-refractivity contribution in [3.8, 4) is 0 Å². The fourth-order valence-corrected chi connectivity index (χ4v) is 3.85. The van der Waals surface area contributed by atoms with E-state index >= 15 is 0 Å². The van der Waals surface area contributed by atoms with E-state index in [1.54, 1.807) is 6.92 Å². The van der Waals surface area contributed by atoms with Crippen LogP contribution in [0.5, 0.6) is 0 Å². The minimum Gasteiger partial charge on any atom is -0.476 e. The molecule has 2 N–H and O–H groups in total. The monoisotopic (exact) mass is 244 g/mol. The molecule has 7 heteroatoms. The topological polar surface area (TPSA) is 100 Å². The van der Waals surface area contributed by atoms with E-state index < -0.39 is 20.6 Å². The Bertz CT molecular complexity index is 533. The van der Waals surface area contributed by atoms with Gasteiger partial charge in [-0.2, -0.15) is 5.10 Å². The third-order valence-electron chi connectivity index (χ3n) is 3.12. The van der Waals surface area contributed by atoms with Gasteiger partial charge in [-0.3, -0.25) is 5.10 Å². The smallest absolute Gasteiger partial charge is 0.356 e. The van der Waals surface area contributed by atoms with Crippen molar-refractivity contribution in [2.24, 2.45) is 0 Å². The van der Waals surface area contributed by atoms with Crippen LogP contribution < -0.4 is 0 Å². The molecule has 1 aromatic heterocycles. The van der Waals surface area contributed by atoms with Crippen molar-refractivity contribution >= 4 is 15.8 Å². The van der Waals surface area contributed by atoms with Crippen LogP contribution in [-0.2, 0) is 14.6 Å². The van der Waals surface area contributed by atoms with Gasteiger partial charge in [0.15, 0.2) is 15.5 Å². The minimum absolute atomic E-state index is 0.144. The number of aromatic carboxylic acids is 1. The Balaban J connectivity index is 2.48. The van der Waals surface area contributed by atoms with Gasteiger partial charge >= 0.3 is 5.97 Å². The molecule has 1 unspecified atom stereocenters. The maximum Gasteiger partial charge on any atom is 0.356 e. The molecule has 1 fully saturated rings. The van der Waals surface area contributed by atoms with Crippen molar-refractivity contribution in [2.75, 3.05) is 5.75 Å². The lowest BCUT2D eigenvalue weighted by molar-refractivity contribution is 0.0690. The first kappa shape index (κ1) is 11.1. The molecule has 1 atom stereocenters.